The van der Waals surface area contributed by atoms with Crippen LogP contribution in [0, 0.1) is 0 Å². The summed E-state index contributed by atoms with van der Waals surface area (Å²) in [6.07, 6.45) is 3.09. The molecule has 0 spiro atoms. The molecule has 122 valence electrons. The number of nitrogens with one attached hydrogen (secondary N) is 2. The van der Waals surface area contributed by atoms with Crippen LogP contribution in [0.3, 0.4) is 0 Å². The summed E-state index contributed by atoms with van der Waals surface area (Å²) < 4.78 is 0. The van der Waals surface area contributed by atoms with Crippen molar-refractivity contribution < 1.29 is 4.79 Å². The van der Waals surface area contributed by atoms with Crippen molar-refractivity contribution in [2.24, 2.45) is 0 Å². The molecule has 3 rings (SSSR count). The first-order chi connectivity index (χ1) is 11.6. The van der Waals surface area contributed by atoms with Crippen molar-refractivity contribution >= 4 is 51.5 Å². The van der Waals surface area contributed by atoms with E-state index in [-0.39, 0.29) is 17.5 Å². The Labute approximate surface area is 148 Å². The van der Waals surface area contributed by atoms with Crippen molar-refractivity contribution in [2.45, 2.75) is 6.42 Å². The molecule has 24 heavy (non-hydrogen) atoms. The standard InChI is InChI=1S/C16H13Cl2N5O/c1-19-16-14(15(18)21-8-22-16)23-13(24)5-9-2-3-12-10(4-9)6-11(17)7-20-12/h2-4,6-8H,5H2,1H3,(H,23,24)(H,19,21,22). The minimum atomic E-state index is -0.225. The lowest BCUT2D eigenvalue weighted by Gasteiger charge is -2.11. The van der Waals surface area contributed by atoms with Crippen LogP contribution in [-0.2, 0) is 11.2 Å². The van der Waals surface area contributed by atoms with Gasteiger partial charge in [-0.15, -0.1) is 0 Å². The Kier molecular flexibility index (Phi) is 4.78. The lowest BCUT2D eigenvalue weighted by molar-refractivity contribution is -0.115. The molecule has 0 radical (unpaired) electrons. The van der Waals surface area contributed by atoms with Crippen LogP contribution in [0.15, 0.2) is 36.8 Å². The van der Waals surface area contributed by atoms with E-state index in [9.17, 15) is 4.79 Å². The Morgan fingerprint density at radius 1 is 1.17 bits per heavy atom. The predicted molar refractivity (Wildman–Crippen MR) is 95.7 cm³/mol. The Morgan fingerprint density at radius 3 is 2.79 bits per heavy atom. The largest absolute Gasteiger partial charge is 0.371 e. The highest BCUT2D eigenvalue weighted by atomic mass is 35.5. The highest BCUT2D eigenvalue weighted by Crippen LogP contribution is 2.26. The van der Waals surface area contributed by atoms with E-state index in [1.165, 1.54) is 6.33 Å². The summed E-state index contributed by atoms with van der Waals surface area (Å²) >= 11 is 12.0. The fourth-order valence-electron chi connectivity index (χ4n) is 2.30. The third-order valence-corrected chi connectivity index (χ3v) is 3.87. The van der Waals surface area contributed by atoms with Crippen molar-refractivity contribution in [1.82, 2.24) is 15.0 Å². The van der Waals surface area contributed by atoms with Gasteiger partial charge >= 0.3 is 0 Å². The van der Waals surface area contributed by atoms with Crippen molar-refractivity contribution in [3.05, 3.63) is 52.5 Å². The summed E-state index contributed by atoms with van der Waals surface area (Å²) in [6.45, 7) is 0. The second-order valence-corrected chi connectivity index (χ2v) is 5.84. The van der Waals surface area contributed by atoms with Gasteiger partial charge in [-0.05, 0) is 23.8 Å². The monoisotopic (exact) mass is 361 g/mol. The Hall–Kier alpha value is -2.44. The van der Waals surface area contributed by atoms with Gasteiger partial charge in [0, 0.05) is 18.6 Å². The maximum atomic E-state index is 12.3. The molecule has 0 aliphatic rings. The van der Waals surface area contributed by atoms with E-state index in [4.69, 9.17) is 23.2 Å². The average Bonchev–Trinajstić information content (AvgIpc) is 2.56. The minimum Gasteiger partial charge on any atom is -0.371 e. The first kappa shape index (κ1) is 16.4. The van der Waals surface area contributed by atoms with Crippen molar-refractivity contribution in [1.29, 1.82) is 0 Å². The number of nitrogens with zero attached hydrogens (tertiary/aromatic N) is 3. The molecule has 1 amide bonds. The van der Waals surface area contributed by atoms with Gasteiger partial charge in [0.1, 0.15) is 12.0 Å². The molecule has 3 aromatic rings. The molecule has 0 saturated carbocycles. The number of rotatable bonds is 4. The number of anilines is 2. The summed E-state index contributed by atoms with van der Waals surface area (Å²) in [4.78, 5) is 24.4. The summed E-state index contributed by atoms with van der Waals surface area (Å²) in [5.74, 6) is 0.232. The van der Waals surface area contributed by atoms with Gasteiger partial charge in [0.05, 0.1) is 17.0 Å². The van der Waals surface area contributed by atoms with Gasteiger partial charge in [0.15, 0.2) is 11.0 Å². The van der Waals surface area contributed by atoms with Crippen LogP contribution in [0.1, 0.15) is 5.56 Å². The molecule has 8 heteroatoms. The predicted octanol–water partition coefficient (Wildman–Crippen LogP) is 3.55. The molecule has 0 fully saturated rings. The lowest BCUT2D eigenvalue weighted by atomic mass is 10.1. The summed E-state index contributed by atoms with van der Waals surface area (Å²) in [5.41, 5.74) is 2.01. The second kappa shape index (κ2) is 6.98. The third-order valence-electron chi connectivity index (χ3n) is 3.38. The van der Waals surface area contributed by atoms with Crippen LogP contribution in [0.4, 0.5) is 11.5 Å². The average molecular weight is 362 g/mol. The fraction of sp³-hybridized carbons (Fsp3) is 0.125. The topological polar surface area (TPSA) is 79.8 Å². The van der Waals surface area contributed by atoms with Crippen molar-refractivity contribution in [2.75, 3.05) is 17.7 Å². The van der Waals surface area contributed by atoms with Gasteiger partial charge in [0.2, 0.25) is 5.91 Å². The highest BCUT2D eigenvalue weighted by molar-refractivity contribution is 6.33. The molecule has 0 saturated heterocycles. The highest BCUT2D eigenvalue weighted by Gasteiger charge is 2.13. The molecular weight excluding hydrogens is 349 g/mol. The van der Waals surface area contributed by atoms with Gasteiger partial charge < -0.3 is 10.6 Å². The maximum absolute atomic E-state index is 12.3. The third kappa shape index (κ3) is 3.55. The number of halogens is 2. The smallest absolute Gasteiger partial charge is 0.228 e. The molecule has 0 unspecified atom stereocenters. The number of fused-ring (bicyclic) bond motifs is 1. The molecule has 1 aromatic carbocycles. The van der Waals surface area contributed by atoms with Crippen LogP contribution < -0.4 is 10.6 Å². The molecule has 2 N–H and O–H groups in total. The van der Waals surface area contributed by atoms with E-state index in [0.29, 0.717) is 16.5 Å². The number of pyridine rings is 1. The molecular formula is C16H13Cl2N5O. The number of aromatic nitrogens is 3. The first-order valence-corrected chi connectivity index (χ1v) is 7.84. The SMILES string of the molecule is CNc1ncnc(Cl)c1NC(=O)Cc1ccc2ncc(Cl)cc2c1. The van der Waals surface area contributed by atoms with E-state index >= 15 is 0 Å². The molecule has 0 aliphatic heterocycles. The second-order valence-electron chi connectivity index (χ2n) is 5.04. The van der Waals surface area contributed by atoms with Gasteiger partial charge in [0.25, 0.3) is 0 Å². The molecule has 6 nitrogen and oxygen atoms in total. The zero-order valence-corrected chi connectivity index (χ0v) is 14.2. The Bertz CT molecular complexity index is 916. The van der Waals surface area contributed by atoms with E-state index in [1.807, 2.05) is 24.3 Å². The van der Waals surface area contributed by atoms with Crippen LogP contribution in [-0.4, -0.2) is 27.9 Å². The van der Waals surface area contributed by atoms with Gasteiger partial charge in [-0.25, -0.2) is 9.97 Å². The Morgan fingerprint density at radius 2 is 2.00 bits per heavy atom. The van der Waals surface area contributed by atoms with E-state index in [1.54, 1.807) is 13.2 Å². The molecule has 0 bridgehead atoms. The van der Waals surface area contributed by atoms with Crippen LogP contribution in [0.25, 0.3) is 10.9 Å². The minimum absolute atomic E-state index is 0.177. The number of carbonyl (C=O) groups excluding carboxylic acids is 1. The van der Waals surface area contributed by atoms with Crippen molar-refractivity contribution in [3.8, 4) is 0 Å². The number of amides is 1. The fourth-order valence-corrected chi connectivity index (χ4v) is 2.64. The number of carbonyl (C=O) groups is 1. The van der Waals surface area contributed by atoms with Gasteiger partial charge in [-0.2, -0.15) is 0 Å². The lowest BCUT2D eigenvalue weighted by Crippen LogP contribution is -2.16. The van der Waals surface area contributed by atoms with E-state index < -0.39 is 0 Å². The van der Waals surface area contributed by atoms with Crippen molar-refractivity contribution in [3.63, 3.8) is 0 Å². The van der Waals surface area contributed by atoms with Crippen LogP contribution in [0.5, 0.6) is 0 Å². The molecule has 0 atom stereocenters. The molecule has 2 aromatic heterocycles. The van der Waals surface area contributed by atoms with Gasteiger partial charge in [-0.3, -0.25) is 9.78 Å². The first-order valence-electron chi connectivity index (χ1n) is 7.09. The van der Waals surface area contributed by atoms with E-state index in [2.05, 4.69) is 25.6 Å². The molecule has 2 heterocycles. The Balaban J connectivity index is 1.80. The number of hydrogen-bond acceptors (Lipinski definition) is 5. The number of hydrogen-bond donors (Lipinski definition) is 2. The van der Waals surface area contributed by atoms with Crippen LogP contribution in [0.2, 0.25) is 10.2 Å². The zero-order chi connectivity index (χ0) is 17.1. The summed E-state index contributed by atoms with van der Waals surface area (Å²) in [5, 5.41) is 7.21. The summed E-state index contributed by atoms with van der Waals surface area (Å²) in [6, 6.07) is 7.40. The van der Waals surface area contributed by atoms with E-state index in [0.717, 1.165) is 16.5 Å². The number of benzene rings is 1. The zero-order valence-electron chi connectivity index (χ0n) is 12.7. The summed E-state index contributed by atoms with van der Waals surface area (Å²) in [7, 11) is 1.69. The maximum Gasteiger partial charge on any atom is 0.228 e. The van der Waals surface area contributed by atoms with Gasteiger partial charge in [-0.1, -0.05) is 29.3 Å². The van der Waals surface area contributed by atoms with Crippen LogP contribution >= 0.6 is 23.2 Å². The normalized spacial score (nSPS) is 10.6. The molecule has 0 aliphatic carbocycles. The quantitative estimate of drug-likeness (QED) is 0.694.